The summed E-state index contributed by atoms with van der Waals surface area (Å²) in [4.78, 5) is 4.74. The van der Waals surface area contributed by atoms with Gasteiger partial charge in [-0.05, 0) is 42.3 Å². The van der Waals surface area contributed by atoms with Crippen LogP contribution in [0.1, 0.15) is 16.8 Å². The van der Waals surface area contributed by atoms with Gasteiger partial charge in [0.05, 0.1) is 10.0 Å². The summed E-state index contributed by atoms with van der Waals surface area (Å²) >= 11 is 13.9. The lowest BCUT2D eigenvalue weighted by molar-refractivity contribution is 0.327. The maximum Gasteiger partial charge on any atom is 0.145 e. The molecule has 3 aromatic carbocycles. The van der Waals surface area contributed by atoms with E-state index in [1.165, 1.54) is 5.56 Å². The number of anilines is 1. The van der Waals surface area contributed by atoms with Gasteiger partial charge in [0.1, 0.15) is 17.9 Å². The van der Waals surface area contributed by atoms with E-state index in [1.807, 2.05) is 49.4 Å². The molecule has 0 radical (unpaired) electrons. The SMILES string of the molecule is Cc1cc(NCc2ccc(Cl)c(Cl)c2)c2cccc(OCCNSCc3ccccc3)c2n1. The molecule has 1 aromatic heterocycles. The number of para-hydroxylation sites is 1. The average molecular weight is 498 g/mol. The highest BCUT2D eigenvalue weighted by atomic mass is 35.5. The molecule has 170 valence electrons. The Balaban J connectivity index is 1.37. The number of pyridine rings is 1. The van der Waals surface area contributed by atoms with E-state index in [0.717, 1.165) is 45.9 Å². The number of aromatic nitrogens is 1. The Bertz CT molecular complexity index is 1220. The van der Waals surface area contributed by atoms with Crippen LogP contribution in [-0.2, 0) is 12.3 Å². The van der Waals surface area contributed by atoms with Gasteiger partial charge in [0.25, 0.3) is 0 Å². The first-order valence-electron chi connectivity index (χ1n) is 10.7. The molecule has 0 aliphatic carbocycles. The van der Waals surface area contributed by atoms with Crippen molar-refractivity contribution in [1.29, 1.82) is 0 Å². The number of aryl methyl sites for hydroxylation is 1. The maximum absolute atomic E-state index is 6.16. The lowest BCUT2D eigenvalue weighted by Gasteiger charge is -2.14. The Morgan fingerprint density at radius 2 is 1.76 bits per heavy atom. The second-order valence-electron chi connectivity index (χ2n) is 7.58. The summed E-state index contributed by atoms with van der Waals surface area (Å²) in [6.45, 7) is 3.91. The number of ether oxygens (including phenoxy) is 1. The Morgan fingerprint density at radius 3 is 2.58 bits per heavy atom. The minimum absolute atomic E-state index is 0.554. The second-order valence-corrected chi connectivity index (χ2v) is 9.26. The highest BCUT2D eigenvalue weighted by molar-refractivity contribution is 7.96. The molecule has 0 bridgehead atoms. The van der Waals surface area contributed by atoms with Crippen molar-refractivity contribution in [2.24, 2.45) is 0 Å². The fourth-order valence-electron chi connectivity index (χ4n) is 3.44. The van der Waals surface area contributed by atoms with Crippen LogP contribution in [0.25, 0.3) is 10.9 Å². The fraction of sp³-hybridized carbons (Fsp3) is 0.192. The molecule has 4 nitrogen and oxygen atoms in total. The summed E-state index contributed by atoms with van der Waals surface area (Å²) in [6, 6.07) is 24.1. The van der Waals surface area contributed by atoms with Crippen molar-refractivity contribution >= 4 is 51.7 Å². The largest absolute Gasteiger partial charge is 0.490 e. The van der Waals surface area contributed by atoms with Crippen LogP contribution in [0.3, 0.4) is 0 Å². The van der Waals surface area contributed by atoms with Crippen LogP contribution in [0.4, 0.5) is 5.69 Å². The standard InChI is InChI=1S/C26H25Cl2N3OS/c1-18-14-24(29-16-20-10-11-22(27)23(28)15-20)21-8-5-9-25(26(21)31-18)32-13-12-30-33-17-19-6-3-2-4-7-19/h2-11,14-15,30H,12-13,16-17H2,1H3,(H,29,31). The second kappa shape index (κ2) is 11.6. The molecular weight excluding hydrogens is 473 g/mol. The number of halogens is 2. The van der Waals surface area contributed by atoms with Crippen molar-refractivity contribution in [1.82, 2.24) is 9.71 Å². The molecule has 7 heteroatoms. The van der Waals surface area contributed by atoms with Crippen LogP contribution in [0.2, 0.25) is 10.0 Å². The zero-order valence-corrected chi connectivity index (χ0v) is 20.6. The molecule has 0 aliphatic rings. The lowest BCUT2D eigenvalue weighted by Crippen LogP contribution is -2.15. The number of benzene rings is 3. The molecule has 0 amide bonds. The zero-order valence-electron chi connectivity index (χ0n) is 18.3. The number of hydrogen-bond donors (Lipinski definition) is 2. The van der Waals surface area contributed by atoms with Crippen molar-refractivity contribution in [3.8, 4) is 5.75 Å². The van der Waals surface area contributed by atoms with Crippen LogP contribution in [-0.4, -0.2) is 18.1 Å². The van der Waals surface area contributed by atoms with Crippen molar-refractivity contribution in [3.05, 3.63) is 99.7 Å². The molecule has 4 rings (SSSR count). The Labute approximate surface area is 208 Å². The summed E-state index contributed by atoms with van der Waals surface area (Å²) in [5.74, 6) is 1.70. The van der Waals surface area contributed by atoms with Gasteiger partial charge in [-0.25, -0.2) is 4.98 Å². The predicted octanol–water partition coefficient (Wildman–Crippen LogP) is 7.28. The summed E-state index contributed by atoms with van der Waals surface area (Å²) < 4.78 is 9.44. The van der Waals surface area contributed by atoms with E-state index in [1.54, 1.807) is 11.9 Å². The molecule has 0 saturated heterocycles. The summed E-state index contributed by atoms with van der Waals surface area (Å²) in [6.07, 6.45) is 0. The number of rotatable bonds is 10. The van der Waals surface area contributed by atoms with Crippen molar-refractivity contribution in [2.45, 2.75) is 19.2 Å². The average Bonchev–Trinajstić information content (AvgIpc) is 2.82. The molecule has 0 fully saturated rings. The van der Waals surface area contributed by atoms with Crippen LogP contribution in [0, 0.1) is 6.92 Å². The Morgan fingerprint density at radius 1 is 0.909 bits per heavy atom. The van der Waals surface area contributed by atoms with E-state index < -0.39 is 0 Å². The number of nitrogens with one attached hydrogen (secondary N) is 2. The van der Waals surface area contributed by atoms with E-state index in [0.29, 0.717) is 23.2 Å². The first kappa shape index (κ1) is 23.7. The first-order valence-corrected chi connectivity index (χ1v) is 12.4. The number of nitrogens with zero attached hydrogens (tertiary/aromatic N) is 1. The first-order chi connectivity index (χ1) is 16.1. The van der Waals surface area contributed by atoms with Crippen LogP contribution >= 0.6 is 35.1 Å². The molecule has 0 aliphatic heterocycles. The molecule has 0 unspecified atom stereocenters. The normalized spacial score (nSPS) is 11.0. The minimum atomic E-state index is 0.554. The van der Waals surface area contributed by atoms with Gasteiger partial charge in [-0.15, -0.1) is 0 Å². The smallest absolute Gasteiger partial charge is 0.145 e. The van der Waals surface area contributed by atoms with E-state index >= 15 is 0 Å². The lowest BCUT2D eigenvalue weighted by atomic mass is 10.1. The summed E-state index contributed by atoms with van der Waals surface area (Å²) in [5, 5.41) is 5.63. The van der Waals surface area contributed by atoms with E-state index in [9.17, 15) is 0 Å². The van der Waals surface area contributed by atoms with E-state index in [2.05, 4.69) is 40.4 Å². The predicted molar refractivity (Wildman–Crippen MR) is 142 cm³/mol. The fourth-order valence-corrected chi connectivity index (χ4v) is 4.45. The number of hydrogen-bond acceptors (Lipinski definition) is 5. The molecule has 2 N–H and O–H groups in total. The van der Waals surface area contributed by atoms with Crippen LogP contribution in [0.5, 0.6) is 5.75 Å². The molecule has 0 spiro atoms. The van der Waals surface area contributed by atoms with Gasteiger partial charge in [0.2, 0.25) is 0 Å². The molecular formula is C26H25Cl2N3OS. The van der Waals surface area contributed by atoms with Gasteiger partial charge in [-0.3, -0.25) is 4.72 Å². The third-order valence-corrected chi connectivity index (χ3v) is 6.67. The molecule has 0 saturated carbocycles. The summed E-state index contributed by atoms with van der Waals surface area (Å²) in [5.41, 5.74) is 5.13. The van der Waals surface area contributed by atoms with Gasteiger partial charge >= 0.3 is 0 Å². The maximum atomic E-state index is 6.16. The van der Waals surface area contributed by atoms with Gasteiger partial charge in [-0.1, -0.05) is 83.7 Å². The van der Waals surface area contributed by atoms with Gasteiger partial charge in [0.15, 0.2) is 0 Å². The van der Waals surface area contributed by atoms with Gasteiger partial charge < -0.3 is 10.1 Å². The minimum Gasteiger partial charge on any atom is -0.490 e. The zero-order chi connectivity index (χ0) is 23.0. The summed E-state index contributed by atoms with van der Waals surface area (Å²) in [7, 11) is 0. The highest BCUT2D eigenvalue weighted by Crippen LogP contribution is 2.31. The molecule has 0 atom stereocenters. The van der Waals surface area contributed by atoms with E-state index in [-0.39, 0.29) is 0 Å². The molecule has 1 heterocycles. The van der Waals surface area contributed by atoms with E-state index in [4.69, 9.17) is 32.9 Å². The van der Waals surface area contributed by atoms with Crippen molar-refractivity contribution in [2.75, 3.05) is 18.5 Å². The van der Waals surface area contributed by atoms with Crippen molar-refractivity contribution in [3.63, 3.8) is 0 Å². The molecule has 4 aromatic rings. The van der Waals surface area contributed by atoms with Crippen LogP contribution in [0.15, 0.2) is 72.8 Å². The monoisotopic (exact) mass is 497 g/mol. The van der Waals surface area contributed by atoms with Crippen molar-refractivity contribution < 1.29 is 4.74 Å². The molecule has 33 heavy (non-hydrogen) atoms. The van der Waals surface area contributed by atoms with Gasteiger partial charge in [0, 0.05) is 35.6 Å². The third-order valence-electron chi connectivity index (χ3n) is 5.04. The quantitative estimate of drug-likeness (QED) is 0.178. The highest BCUT2D eigenvalue weighted by Gasteiger charge is 2.10. The Hall–Kier alpha value is -2.44. The number of fused-ring (bicyclic) bond motifs is 1. The van der Waals surface area contributed by atoms with Crippen LogP contribution < -0.4 is 14.8 Å². The Kier molecular flexibility index (Phi) is 8.35. The topological polar surface area (TPSA) is 46.2 Å². The van der Waals surface area contributed by atoms with Gasteiger partial charge in [-0.2, -0.15) is 0 Å². The third kappa shape index (κ3) is 6.55.